The molecule has 1 aromatic carbocycles. The summed E-state index contributed by atoms with van der Waals surface area (Å²) in [4.78, 5) is 2.42. The fraction of sp³-hybridized carbons (Fsp3) is 0.421. The molecule has 2 aliphatic heterocycles. The molecule has 0 saturated carbocycles. The first-order valence-corrected chi connectivity index (χ1v) is 8.30. The third-order valence-corrected chi connectivity index (χ3v) is 4.93. The Kier molecular flexibility index (Phi) is 4.24. The van der Waals surface area contributed by atoms with Crippen molar-refractivity contribution in [3.63, 3.8) is 0 Å². The predicted molar refractivity (Wildman–Crippen MR) is 87.4 cm³/mol. The van der Waals surface area contributed by atoms with Gasteiger partial charge in [0.25, 0.3) is 0 Å². The molecule has 4 rings (SSSR count). The number of hydrogen-bond acceptors (Lipinski definition) is 5. The van der Waals surface area contributed by atoms with Crippen LogP contribution >= 0.6 is 0 Å². The van der Waals surface area contributed by atoms with E-state index in [1.165, 1.54) is 5.56 Å². The zero-order valence-corrected chi connectivity index (χ0v) is 13.4. The highest BCUT2D eigenvalue weighted by Crippen LogP contribution is 2.34. The summed E-state index contributed by atoms with van der Waals surface area (Å²) >= 11 is 0. The largest absolute Gasteiger partial charge is 0.493 e. The molecule has 5 nitrogen and oxygen atoms in total. The number of rotatable bonds is 5. The maximum atomic E-state index is 8.96. The van der Waals surface area contributed by atoms with Crippen LogP contribution in [0.3, 0.4) is 0 Å². The van der Waals surface area contributed by atoms with Crippen molar-refractivity contribution in [1.29, 1.82) is 5.26 Å². The average molecular weight is 324 g/mol. The van der Waals surface area contributed by atoms with E-state index in [-0.39, 0.29) is 0 Å². The predicted octanol–water partition coefficient (Wildman–Crippen LogP) is 2.68. The molecule has 0 aliphatic carbocycles. The van der Waals surface area contributed by atoms with Gasteiger partial charge < -0.3 is 13.9 Å². The second-order valence-corrected chi connectivity index (χ2v) is 6.57. The second-order valence-electron chi connectivity index (χ2n) is 6.57. The summed E-state index contributed by atoms with van der Waals surface area (Å²) < 4.78 is 17.0. The van der Waals surface area contributed by atoms with E-state index in [1.807, 2.05) is 18.2 Å². The zero-order valence-electron chi connectivity index (χ0n) is 13.4. The topological polar surface area (TPSA) is 58.6 Å². The molecule has 3 atom stereocenters. The fourth-order valence-electron chi connectivity index (χ4n) is 3.68. The van der Waals surface area contributed by atoms with Gasteiger partial charge in [0.2, 0.25) is 0 Å². The summed E-state index contributed by atoms with van der Waals surface area (Å²) in [5.74, 6) is 1.66. The van der Waals surface area contributed by atoms with Crippen LogP contribution in [0.25, 0.3) is 0 Å². The minimum absolute atomic E-state index is 0.302. The van der Waals surface area contributed by atoms with Crippen molar-refractivity contribution >= 4 is 0 Å². The molecule has 2 aromatic rings. The molecule has 0 bridgehead atoms. The first-order chi connectivity index (χ1) is 11.8. The minimum atomic E-state index is 0.302. The van der Waals surface area contributed by atoms with Gasteiger partial charge in [0.1, 0.15) is 5.75 Å². The van der Waals surface area contributed by atoms with Crippen LogP contribution in [0, 0.1) is 23.2 Å². The van der Waals surface area contributed by atoms with Crippen LogP contribution in [0.5, 0.6) is 5.75 Å². The summed E-state index contributed by atoms with van der Waals surface area (Å²) in [5, 5.41) is 8.96. The quantitative estimate of drug-likeness (QED) is 0.846. The molecule has 0 radical (unpaired) electrons. The van der Waals surface area contributed by atoms with Crippen LogP contribution in [-0.2, 0) is 11.3 Å². The number of fused-ring (bicyclic) bond motifs is 1. The van der Waals surface area contributed by atoms with Crippen LogP contribution in [0.1, 0.15) is 11.1 Å². The number of nitrogens with zero attached hydrogens (tertiary/aromatic N) is 2. The van der Waals surface area contributed by atoms with E-state index >= 15 is 0 Å². The first kappa shape index (κ1) is 15.3. The highest BCUT2D eigenvalue weighted by molar-refractivity contribution is 5.36. The SMILES string of the molecule is N#Cc1cccc(OC[C@H]2CO[C@@H]3CN(Cc4ccoc4)C[C@H]23)c1. The van der Waals surface area contributed by atoms with Crippen molar-refractivity contribution in [2.24, 2.45) is 11.8 Å². The van der Waals surface area contributed by atoms with Gasteiger partial charge in [-0.3, -0.25) is 4.90 Å². The van der Waals surface area contributed by atoms with Gasteiger partial charge in [0.05, 0.1) is 43.5 Å². The van der Waals surface area contributed by atoms with E-state index in [4.69, 9.17) is 19.2 Å². The molecule has 0 N–H and O–H groups in total. The Morgan fingerprint density at radius 2 is 2.25 bits per heavy atom. The third kappa shape index (κ3) is 3.16. The van der Waals surface area contributed by atoms with E-state index in [2.05, 4.69) is 11.0 Å². The van der Waals surface area contributed by atoms with Crippen LogP contribution in [-0.4, -0.2) is 37.3 Å². The van der Waals surface area contributed by atoms with Gasteiger partial charge in [-0.25, -0.2) is 0 Å². The maximum absolute atomic E-state index is 8.96. The van der Waals surface area contributed by atoms with Crippen molar-refractivity contribution in [1.82, 2.24) is 4.90 Å². The number of benzene rings is 1. The molecule has 0 spiro atoms. The maximum Gasteiger partial charge on any atom is 0.120 e. The smallest absolute Gasteiger partial charge is 0.120 e. The van der Waals surface area contributed by atoms with E-state index in [1.54, 1.807) is 24.7 Å². The van der Waals surface area contributed by atoms with Crippen molar-refractivity contribution in [2.45, 2.75) is 12.6 Å². The Labute approximate surface area is 141 Å². The van der Waals surface area contributed by atoms with Crippen molar-refractivity contribution in [3.05, 3.63) is 54.0 Å². The normalized spacial score (nSPS) is 26.2. The molecule has 0 unspecified atom stereocenters. The average Bonchev–Trinajstić information content (AvgIpc) is 3.32. The monoisotopic (exact) mass is 324 g/mol. The lowest BCUT2D eigenvalue weighted by atomic mass is 9.94. The molecule has 124 valence electrons. The Hall–Kier alpha value is -2.29. The zero-order chi connectivity index (χ0) is 16.4. The number of ether oxygens (including phenoxy) is 2. The molecule has 2 saturated heterocycles. The number of nitriles is 1. The molecule has 1 aromatic heterocycles. The van der Waals surface area contributed by atoms with Gasteiger partial charge in [0.15, 0.2) is 0 Å². The van der Waals surface area contributed by atoms with Crippen LogP contribution < -0.4 is 4.74 Å². The lowest BCUT2D eigenvalue weighted by molar-refractivity contribution is 0.0897. The second kappa shape index (κ2) is 6.68. The molecule has 2 aliphatic rings. The lowest BCUT2D eigenvalue weighted by Gasteiger charge is -2.19. The van der Waals surface area contributed by atoms with E-state index in [0.29, 0.717) is 30.1 Å². The molecule has 0 amide bonds. The summed E-state index contributed by atoms with van der Waals surface area (Å²) in [6.45, 7) is 4.30. The van der Waals surface area contributed by atoms with Crippen molar-refractivity contribution < 1.29 is 13.9 Å². The van der Waals surface area contributed by atoms with Gasteiger partial charge in [0, 0.05) is 37.0 Å². The van der Waals surface area contributed by atoms with E-state index < -0.39 is 0 Å². The molecule has 5 heteroatoms. The number of hydrogen-bond donors (Lipinski definition) is 0. The number of furan rings is 1. The number of likely N-dealkylation sites (tertiary alicyclic amines) is 1. The van der Waals surface area contributed by atoms with Gasteiger partial charge in [-0.1, -0.05) is 6.07 Å². The Bertz CT molecular complexity index is 722. The Morgan fingerprint density at radius 1 is 1.29 bits per heavy atom. The van der Waals surface area contributed by atoms with Gasteiger partial charge in [-0.15, -0.1) is 0 Å². The van der Waals surface area contributed by atoms with Gasteiger partial charge in [-0.05, 0) is 24.3 Å². The summed E-state index contributed by atoms with van der Waals surface area (Å²) in [5.41, 5.74) is 1.83. The highest BCUT2D eigenvalue weighted by atomic mass is 16.5. The fourth-order valence-corrected chi connectivity index (χ4v) is 3.68. The van der Waals surface area contributed by atoms with E-state index in [9.17, 15) is 0 Å². The van der Waals surface area contributed by atoms with E-state index in [0.717, 1.165) is 32.0 Å². The highest BCUT2D eigenvalue weighted by Gasteiger charge is 2.43. The Balaban J connectivity index is 1.33. The molecular weight excluding hydrogens is 304 g/mol. The lowest BCUT2D eigenvalue weighted by Crippen LogP contribution is -2.26. The van der Waals surface area contributed by atoms with Gasteiger partial charge >= 0.3 is 0 Å². The third-order valence-electron chi connectivity index (χ3n) is 4.93. The summed E-state index contributed by atoms with van der Waals surface area (Å²) in [6, 6.07) is 11.5. The Morgan fingerprint density at radius 3 is 3.08 bits per heavy atom. The standard InChI is InChI=1S/C19H20N2O3/c20-7-14-2-1-3-17(6-14)23-12-16-13-24-19-10-21(9-18(16)19)8-15-4-5-22-11-15/h1-6,11,16,18-19H,8-10,12-13H2/t16-,18+,19+/m0/s1. The van der Waals surface area contributed by atoms with Crippen molar-refractivity contribution in [3.8, 4) is 11.8 Å². The molecular formula is C19H20N2O3. The van der Waals surface area contributed by atoms with Crippen LogP contribution in [0.2, 0.25) is 0 Å². The summed E-state index contributed by atoms with van der Waals surface area (Å²) in [6.07, 6.45) is 3.82. The summed E-state index contributed by atoms with van der Waals surface area (Å²) in [7, 11) is 0. The molecule has 3 heterocycles. The molecule has 24 heavy (non-hydrogen) atoms. The molecule has 2 fully saturated rings. The van der Waals surface area contributed by atoms with Crippen molar-refractivity contribution in [2.75, 3.05) is 26.3 Å². The minimum Gasteiger partial charge on any atom is -0.493 e. The van der Waals surface area contributed by atoms with Crippen LogP contribution in [0.4, 0.5) is 0 Å². The van der Waals surface area contributed by atoms with Gasteiger partial charge in [-0.2, -0.15) is 5.26 Å². The van der Waals surface area contributed by atoms with Crippen LogP contribution in [0.15, 0.2) is 47.3 Å². The first-order valence-electron chi connectivity index (χ1n) is 8.30.